The summed E-state index contributed by atoms with van der Waals surface area (Å²) >= 11 is 3.36. The van der Waals surface area contributed by atoms with Crippen LogP contribution in [0.15, 0.2) is 34.8 Å². The van der Waals surface area contributed by atoms with Crippen molar-refractivity contribution in [3.05, 3.63) is 62.9 Å². The van der Waals surface area contributed by atoms with Crippen molar-refractivity contribution in [1.82, 2.24) is 4.98 Å². The van der Waals surface area contributed by atoms with Gasteiger partial charge in [-0.1, -0.05) is 28.1 Å². The molecule has 0 unspecified atom stereocenters. The number of halogens is 1. The Morgan fingerprint density at radius 3 is 2.50 bits per heavy atom. The lowest BCUT2D eigenvalue weighted by Gasteiger charge is -2.10. The van der Waals surface area contributed by atoms with Crippen molar-refractivity contribution < 1.29 is 19.1 Å². The van der Waals surface area contributed by atoms with Gasteiger partial charge in [-0.3, -0.25) is 9.59 Å². The zero-order valence-electron chi connectivity index (χ0n) is 15.1. The number of ketones is 2. The van der Waals surface area contributed by atoms with Crippen LogP contribution in [0.25, 0.3) is 6.08 Å². The monoisotopic (exact) mass is 417 g/mol. The van der Waals surface area contributed by atoms with E-state index in [4.69, 9.17) is 4.74 Å². The summed E-state index contributed by atoms with van der Waals surface area (Å²) in [5.41, 5.74) is 2.83. The fraction of sp³-hybridized carbons (Fsp3) is 0.250. The third kappa shape index (κ3) is 4.58. The number of ether oxygens (including phenoxy) is 1. The van der Waals surface area contributed by atoms with Gasteiger partial charge in [0.05, 0.1) is 5.69 Å². The maximum Gasteiger partial charge on any atom is 0.331 e. The molecule has 0 saturated carbocycles. The van der Waals surface area contributed by atoms with Crippen LogP contribution in [0.5, 0.6) is 0 Å². The van der Waals surface area contributed by atoms with Gasteiger partial charge < -0.3 is 9.72 Å². The second kappa shape index (κ2) is 8.27. The lowest BCUT2D eigenvalue weighted by Crippen LogP contribution is -2.24. The number of aromatic amines is 1. The van der Waals surface area contributed by atoms with Crippen LogP contribution in [0.3, 0.4) is 0 Å². The topological polar surface area (TPSA) is 76.2 Å². The van der Waals surface area contributed by atoms with Gasteiger partial charge in [-0.2, -0.15) is 0 Å². The first-order valence-electron chi connectivity index (χ1n) is 8.09. The predicted octanol–water partition coefficient (Wildman–Crippen LogP) is 4.42. The maximum absolute atomic E-state index is 12.6. The van der Waals surface area contributed by atoms with Gasteiger partial charge in [0, 0.05) is 21.8 Å². The van der Waals surface area contributed by atoms with E-state index >= 15 is 0 Å². The molecule has 26 heavy (non-hydrogen) atoms. The van der Waals surface area contributed by atoms with Gasteiger partial charge in [0.1, 0.15) is 0 Å². The van der Waals surface area contributed by atoms with Gasteiger partial charge in [0.25, 0.3) is 0 Å². The molecule has 0 aliphatic carbocycles. The van der Waals surface area contributed by atoms with Crippen molar-refractivity contribution in [2.45, 2.75) is 33.8 Å². The molecule has 1 aromatic heterocycles. The molecule has 1 heterocycles. The van der Waals surface area contributed by atoms with Gasteiger partial charge >= 0.3 is 5.97 Å². The number of rotatable bonds is 6. The van der Waals surface area contributed by atoms with E-state index in [1.165, 1.54) is 19.9 Å². The quantitative estimate of drug-likeness (QED) is 0.428. The molecule has 2 aromatic rings. The molecule has 0 bridgehead atoms. The van der Waals surface area contributed by atoms with Crippen LogP contribution < -0.4 is 0 Å². The molecule has 6 heteroatoms. The second-order valence-corrected chi connectivity index (χ2v) is 6.93. The minimum atomic E-state index is -0.966. The molecule has 0 spiro atoms. The predicted molar refractivity (Wildman–Crippen MR) is 103 cm³/mol. The van der Waals surface area contributed by atoms with E-state index in [0.29, 0.717) is 22.5 Å². The highest BCUT2D eigenvalue weighted by Gasteiger charge is 2.25. The van der Waals surface area contributed by atoms with E-state index in [2.05, 4.69) is 20.9 Å². The summed E-state index contributed by atoms with van der Waals surface area (Å²) in [6.45, 7) is 6.40. The smallest absolute Gasteiger partial charge is 0.331 e. The average molecular weight is 418 g/mol. The van der Waals surface area contributed by atoms with E-state index in [9.17, 15) is 14.4 Å². The summed E-state index contributed by atoms with van der Waals surface area (Å²) in [6.07, 6.45) is 1.92. The van der Waals surface area contributed by atoms with E-state index < -0.39 is 12.1 Å². The molecule has 0 radical (unpaired) electrons. The zero-order chi connectivity index (χ0) is 19.4. The molecule has 0 saturated heterocycles. The number of nitrogens with one attached hydrogen (secondary N) is 1. The lowest BCUT2D eigenvalue weighted by atomic mass is 10.0. The van der Waals surface area contributed by atoms with Crippen molar-refractivity contribution in [2.75, 3.05) is 0 Å². The molecule has 0 fully saturated rings. The highest BCUT2D eigenvalue weighted by Crippen LogP contribution is 2.20. The Hall–Kier alpha value is -2.47. The molecule has 2 rings (SSSR count). The lowest BCUT2D eigenvalue weighted by molar-refractivity contribution is -0.140. The van der Waals surface area contributed by atoms with Crippen LogP contribution in [0.1, 0.15) is 51.5 Å². The first kappa shape index (κ1) is 19.8. The molecule has 136 valence electrons. The summed E-state index contributed by atoms with van der Waals surface area (Å²) < 4.78 is 6.09. The highest BCUT2D eigenvalue weighted by molar-refractivity contribution is 9.10. The number of carbonyl (C=O) groups is 3. The molecule has 1 N–H and O–H groups in total. The summed E-state index contributed by atoms with van der Waals surface area (Å²) in [4.78, 5) is 39.1. The van der Waals surface area contributed by atoms with Gasteiger partial charge in [-0.25, -0.2) is 4.79 Å². The summed E-state index contributed by atoms with van der Waals surface area (Å²) in [5, 5.41) is 0. The van der Waals surface area contributed by atoms with Crippen LogP contribution in [0.2, 0.25) is 0 Å². The molecule has 0 amide bonds. The van der Waals surface area contributed by atoms with Crippen molar-refractivity contribution in [3.8, 4) is 0 Å². The van der Waals surface area contributed by atoms with Crippen molar-refractivity contribution >= 4 is 39.5 Å². The Labute approximate surface area is 160 Å². The molecular formula is C20H20BrNO4. The fourth-order valence-corrected chi connectivity index (χ4v) is 3.19. The summed E-state index contributed by atoms with van der Waals surface area (Å²) in [6, 6.07) is 7.43. The number of esters is 1. The van der Waals surface area contributed by atoms with Gasteiger partial charge in [0.15, 0.2) is 11.9 Å². The van der Waals surface area contributed by atoms with Crippen LogP contribution in [0, 0.1) is 13.8 Å². The van der Waals surface area contributed by atoms with Gasteiger partial charge in [0.2, 0.25) is 5.78 Å². The van der Waals surface area contributed by atoms with Crippen LogP contribution in [0.4, 0.5) is 0 Å². The first-order valence-corrected chi connectivity index (χ1v) is 8.88. The van der Waals surface area contributed by atoms with Crippen molar-refractivity contribution in [3.63, 3.8) is 0 Å². The Balaban J connectivity index is 2.08. The number of H-pyrrole nitrogens is 1. The molecule has 5 nitrogen and oxygen atoms in total. The molecule has 0 aliphatic rings. The summed E-state index contributed by atoms with van der Waals surface area (Å²) in [5.74, 6) is -1.10. The fourth-order valence-electron chi connectivity index (χ4n) is 2.77. The van der Waals surface area contributed by atoms with Crippen LogP contribution in [-0.4, -0.2) is 28.6 Å². The van der Waals surface area contributed by atoms with Crippen LogP contribution in [-0.2, 0) is 9.53 Å². The molecule has 1 aromatic carbocycles. The number of aromatic nitrogens is 1. The minimum absolute atomic E-state index is 0.114. The standard InChI is InChI=1S/C20H20BrNO4/c1-11-18(13(3)23)12(2)22-19(11)20(25)14(4)26-17(24)9-8-15-6-5-7-16(21)10-15/h5-10,14,22H,1-4H3/b9-8+/t14-/m1/s1. The summed E-state index contributed by atoms with van der Waals surface area (Å²) in [7, 11) is 0. The normalized spacial score (nSPS) is 12.2. The second-order valence-electron chi connectivity index (χ2n) is 6.01. The average Bonchev–Trinajstić information content (AvgIpc) is 2.86. The SMILES string of the molecule is CC(=O)c1c(C)[nH]c(C(=O)[C@@H](C)OC(=O)/C=C/c2cccc(Br)c2)c1C. The molecule has 1 atom stereocenters. The molecular weight excluding hydrogens is 398 g/mol. The van der Waals surface area contributed by atoms with Crippen molar-refractivity contribution in [2.24, 2.45) is 0 Å². The number of carbonyl (C=O) groups excluding carboxylic acids is 3. The third-order valence-corrected chi connectivity index (χ3v) is 4.45. The Morgan fingerprint density at radius 2 is 1.92 bits per heavy atom. The Kier molecular flexibility index (Phi) is 6.32. The largest absolute Gasteiger partial charge is 0.451 e. The first-order chi connectivity index (χ1) is 12.2. The van der Waals surface area contributed by atoms with E-state index in [0.717, 1.165) is 10.0 Å². The van der Waals surface area contributed by atoms with Crippen LogP contribution >= 0.6 is 15.9 Å². The van der Waals surface area contributed by atoms with Crippen molar-refractivity contribution in [1.29, 1.82) is 0 Å². The number of hydrogen-bond donors (Lipinski definition) is 1. The maximum atomic E-state index is 12.6. The number of Topliss-reactive ketones (excluding diaryl/α,β-unsaturated/α-hetero) is 2. The number of hydrogen-bond acceptors (Lipinski definition) is 4. The van der Waals surface area contributed by atoms with E-state index in [-0.39, 0.29) is 11.6 Å². The molecule has 0 aliphatic heterocycles. The van der Waals surface area contributed by atoms with E-state index in [1.54, 1.807) is 19.9 Å². The Bertz CT molecular complexity index is 895. The van der Waals surface area contributed by atoms with E-state index in [1.807, 2.05) is 24.3 Å². The van der Waals surface area contributed by atoms with Gasteiger partial charge in [-0.05, 0) is 57.0 Å². The number of benzene rings is 1. The minimum Gasteiger partial charge on any atom is -0.451 e. The number of aryl methyl sites for hydroxylation is 1. The zero-order valence-corrected chi connectivity index (χ0v) is 16.6. The highest BCUT2D eigenvalue weighted by atomic mass is 79.9. The third-order valence-electron chi connectivity index (χ3n) is 3.96. The Morgan fingerprint density at radius 1 is 1.23 bits per heavy atom. The van der Waals surface area contributed by atoms with Gasteiger partial charge in [-0.15, -0.1) is 0 Å².